The van der Waals surface area contributed by atoms with Crippen LogP contribution in [0.1, 0.15) is 0 Å². The summed E-state index contributed by atoms with van der Waals surface area (Å²) in [6, 6.07) is 41.8. The molecule has 0 bridgehead atoms. The van der Waals surface area contributed by atoms with E-state index in [0.29, 0.717) is 0 Å². The summed E-state index contributed by atoms with van der Waals surface area (Å²) in [5.74, 6) is 0. The highest BCUT2D eigenvalue weighted by molar-refractivity contribution is 6.14. The molecule has 0 radical (unpaired) electrons. The molecule has 0 spiro atoms. The molecule has 0 saturated heterocycles. The number of pyridine rings is 1. The molecule has 0 atom stereocenters. The van der Waals surface area contributed by atoms with E-state index in [2.05, 4.69) is 88.7 Å². The number of hydrogen-bond acceptors (Lipinski definition) is 5. The van der Waals surface area contributed by atoms with E-state index >= 15 is 0 Å². The van der Waals surface area contributed by atoms with E-state index in [-0.39, 0.29) is 0 Å². The number of benzene rings is 6. The van der Waals surface area contributed by atoms with Crippen LogP contribution in [0.5, 0.6) is 0 Å². The standard InChI is InChI=1S/C39H22N2O3/c1-3-10-34-27(6-1)29-14-12-26(21-38(29)43-34)41(25-13-15-36-32(20-25)28-7-2-4-11-35(28)42-36)33-9-5-8-30-31-18-23-16-17-40-22-24(23)19-37(31)44-39(30)33/h1-22H. The van der Waals surface area contributed by atoms with Crippen molar-refractivity contribution in [2.75, 3.05) is 4.90 Å². The Morgan fingerprint density at radius 3 is 1.98 bits per heavy atom. The minimum Gasteiger partial charge on any atom is -0.456 e. The fourth-order valence-corrected chi connectivity index (χ4v) is 6.67. The lowest BCUT2D eigenvalue weighted by molar-refractivity contribution is 0.667. The molecule has 10 rings (SSSR count). The first kappa shape index (κ1) is 23.5. The Bertz CT molecular complexity index is 2750. The quantitative estimate of drug-likeness (QED) is 0.213. The van der Waals surface area contributed by atoms with Crippen LogP contribution >= 0.6 is 0 Å². The van der Waals surface area contributed by atoms with Crippen LogP contribution < -0.4 is 4.90 Å². The van der Waals surface area contributed by atoms with Gasteiger partial charge in [0.25, 0.3) is 0 Å². The summed E-state index contributed by atoms with van der Waals surface area (Å²) >= 11 is 0. The number of rotatable bonds is 3. The first-order valence-corrected chi connectivity index (χ1v) is 14.6. The van der Waals surface area contributed by atoms with Crippen LogP contribution in [-0.2, 0) is 0 Å². The zero-order valence-corrected chi connectivity index (χ0v) is 23.3. The van der Waals surface area contributed by atoms with Gasteiger partial charge in [-0.25, -0.2) is 0 Å². The van der Waals surface area contributed by atoms with Crippen LogP contribution in [0.25, 0.3) is 76.6 Å². The number of fused-ring (bicyclic) bond motifs is 10. The van der Waals surface area contributed by atoms with E-state index in [4.69, 9.17) is 13.3 Å². The molecule has 0 unspecified atom stereocenters. The smallest absolute Gasteiger partial charge is 0.159 e. The molecule has 0 aliphatic rings. The van der Waals surface area contributed by atoms with Crippen molar-refractivity contribution in [3.63, 3.8) is 0 Å². The summed E-state index contributed by atoms with van der Waals surface area (Å²) in [5.41, 5.74) is 7.96. The van der Waals surface area contributed by atoms with Crippen molar-refractivity contribution in [3.8, 4) is 0 Å². The Kier molecular flexibility index (Phi) is 4.66. The molecule has 0 fully saturated rings. The molecule has 0 amide bonds. The van der Waals surface area contributed by atoms with Gasteiger partial charge in [-0.05, 0) is 72.1 Å². The second-order valence-electron chi connectivity index (χ2n) is 11.2. The molecule has 0 aliphatic heterocycles. The van der Waals surface area contributed by atoms with Crippen molar-refractivity contribution < 1.29 is 13.3 Å². The zero-order valence-electron chi connectivity index (χ0n) is 23.3. The normalized spacial score (nSPS) is 12.1. The third kappa shape index (κ3) is 3.32. The molecule has 0 aliphatic carbocycles. The first-order valence-electron chi connectivity index (χ1n) is 14.6. The maximum Gasteiger partial charge on any atom is 0.159 e. The number of hydrogen-bond donors (Lipinski definition) is 0. The molecule has 5 heteroatoms. The average Bonchev–Trinajstić information content (AvgIpc) is 3.74. The predicted molar refractivity (Wildman–Crippen MR) is 178 cm³/mol. The van der Waals surface area contributed by atoms with Crippen LogP contribution in [0.3, 0.4) is 0 Å². The molecule has 4 aromatic heterocycles. The monoisotopic (exact) mass is 566 g/mol. The van der Waals surface area contributed by atoms with Gasteiger partial charge in [0.05, 0.1) is 11.4 Å². The Labute approximate surface area is 250 Å². The zero-order chi connectivity index (χ0) is 28.8. The van der Waals surface area contributed by atoms with E-state index in [9.17, 15) is 0 Å². The van der Waals surface area contributed by atoms with Crippen molar-refractivity contribution in [2.24, 2.45) is 0 Å². The van der Waals surface area contributed by atoms with Crippen molar-refractivity contribution in [2.45, 2.75) is 0 Å². The van der Waals surface area contributed by atoms with Gasteiger partial charge >= 0.3 is 0 Å². The van der Waals surface area contributed by atoms with E-state index in [0.717, 1.165) is 93.7 Å². The molecule has 10 aromatic rings. The summed E-state index contributed by atoms with van der Waals surface area (Å²) in [6.07, 6.45) is 3.70. The fraction of sp³-hybridized carbons (Fsp3) is 0. The molecular weight excluding hydrogens is 544 g/mol. The third-order valence-electron chi connectivity index (χ3n) is 8.72. The lowest BCUT2D eigenvalue weighted by Crippen LogP contribution is -2.10. The highest BCUT2D eigenvalue weighted by atomic mass is 16.3. The summed E-state index contributed by atoms with van der Waals surface area (Å²) in [7, 11) is 0. The van der Waals surface area contributed by atoms with E-state index in [1.807, 2.05) is 54.9 Å². The van der Waals surface area contributed by atoms with Gasteiger partial charge in [0.2, 0.25) is 0 Å². The Morgan fingerprint density at radius 1 is 0.432 bits per heavy atom. The lowest BCUT2D eigenvalue weighted by atomic mass is 10.1. The third-order valence-corrected chi connectivity index (χ3v) is 8.72. The Balaban J connectivity index is 1.27. The maximum absolute atomic E-state index is 6.68. The number of furan rings is 3. The minimum atomic E-state index is 0.813. The van der Waals surface area contributed by atoms with Gasteiger partial charge in [-0.15, -0.1) is 0 Å². The highest BCUT2D eigenvalue weighted by Crippen LogP contribution is 2.45. The summed E-state index contributed by atoms with van der Waals surface area (Å²) in [5, 5.41) is 8.64. The van der Waals surface area contributed by atoms with Crippen LogP contribution in [0, 0.1) is 0 Å². The molecule has 6 aromatic carbocycles. The summed E-state index contributed by atoms with van der Waals surface area (Å²) < 4.78 is 19.2. The van der Waals surface area contributed by atoms with Crippen LogP contribution in [0.2, 0.25) is 0 Å². The average molecular weight is 567 g/mol. The van der Waals surface area contributed by atoms with Gasteiger partial charge in [0.1, 0.15) is 27.9 Å². The SMILES string of the molecule is c1ccc2c(c1)oc1cc(N(c3ccc4oc5ccccc5c4c3)c3cccc4c3oc3cc5cnccc5cc34)ccc12. The largest absolute Gasteiger partial charge is 0.456 e. The topological polar surface area (TPSA) is 55.6 Å². The second-order valence-corrected chi connectivity index (χ2v) is 11.2. The highest BCUT2D eigenvalue weighted by Gasteiger charge is 2.22. The molecule has 4 heterocycles. The molecule has 206 valence electrons. The van der Waals surface area contributed by atoms with Gasteiger partial charge in [-0.2, -0.15) is 0 Å². The van der Waals surface area contributed by atoms with Gasteiger partial charge in [0, 0.05) is 61.9 Å². The molecule has 5 nitrogen and oxygen atoms in total. The van der Waals surface area contributed by atoms with Gasteiger partial charge in [-0.1, -0.05) is 48.5 Å². The molecule has 0 saturated carbocycles. The minimum absolute atomic E-state index is 0.813. The maximum atomic E-state index is 6.68. The van der Waals surface area contributed by atoms with Crippen molar-refractivity contribution in [3.05, 3.63) is 134 Å². The van der Waals surface area contributed by atoms with Crippen molar-refractivity contribution in [1.29, 1.82) is 0 Å². The first-order chi connectivity index (χ1) is 21.8. The second kappa shape index (κ2) is 8.72. The number of nitrogens with zero attached hydrogens (tertiary/aromatic N) is 2. The van der Waals surface area contributed by atoms with Crippen LogP contribution in [0.15, 0.2) is 147 Å². The summed E-state index contributed by atoms with van der Waals surface area (Å²) in [4.78, 5) is 6.56. The fourth-order valence-electron chi connectivity index (χ4n) is 6.67. The van der Waals surface area contributed by atoms with Crippen molar-refractivity contribution >= 4 is 93.7 Å². The van der Waals surface area contributed by atoms with Crippen LogP contribution in [0.4, 0.5) is 17.1 Å². The van der Waals surface area contributed by atoms with Crippen LogP contribution in [-0.4, -0.2) is 4.98 Å². The van der Waals surface area contributed by atoms with E-state index < -0.39 is 0 Å². The number of para-hydroxylation sites is 3. The Morgan fingerprint density at radius 2 is 1.09 bits per heavy atom. The molecule has 0 N–H and O–H groups in total. The number of anilines is 3. The lowest BCUT2D eigenvalue weighted by Gasteiger charge is -2.25. The van der Waals surface area contributed by atoms with Gasteiger partial charge < -0.3 is 18.2 Å². The Hall–Kier alpha value is -6.07. The van der Waals surface area contributed by atoms with Gasteiger partial charge in [-0.3, -0.25) is 4.98 Å². The van der Waals surface area contributed by atoms with Crippen molar-refractivity contribution in [1.82, 2.24) is 4.98 Å². The molecule has 44 heavy (non-hydrogen) atoms. The number of aromatic nitrogens is 1. The van der Waals surface area contributed by atoms with E-state index in [1.165, 1.54) is 0 Å². The predicted octanol–water partition coefficient (Wildman–Crippen LogP) is 11.4. The van der Waals surface area contributed by atoms with Gasteiger partial charge in [0.15, 0.2) is 5.58 Å². The molecular formula is C39H22N2O3. The van der Waals surface area contributed by atoms with E-state index in [1.54, 1.807) is 0 Å². The summed E-state index contributed by atoms with van der Waals surface area (Å²) in [6.45, 7) is 0.